The van der Waals surface area contributed by atoms with Crippen LogP contribution in [0.1, 0.15) is 17.0 Å². The monoisotopic (exact) mass is 301 g/mol. The Morgan fingerprint density at radius 3 is 2.38 bits per heavy atom. The Bertz CT molecular complexity index is 753. The normalized spacial score (nSPS) is 11.0. The summed E-state index contributed by atoms with van der Waals surface area (Å²) in [5, 5.41) is 9.68. The molecule has 2 N–H and O–H groups in total. The molecular weight excluding hydrogens is 286 g/mol. The number of aromatic nitrogens is 4. The largest absolute Gasteiger partial charge is 0.326 e. The second-order valence-electron chi connectivity index (χ2n) is 4.85. The van der Waals surface area contributed by atoms with E-state index in [1.807, 2.05) is 48.9 Å². The molecule has 0 amide bonds. The average molecular weight is 302 g/mol. The maximum absolute atomic E-state index is 6.14. The van der Waals surface area contributed by atoms with Crippen molar-refractivity contribution in [1.29, 1.82) is 0 Å². The fraction of sp³-hybridized carbons (Fsp3) is 0.200. The van der Waals surface area contributed by atoms with E-state index in [-0.39, 0.29) is 0 Å². The molecular formula is C15H16ClN5. The van der Waals surface area contributed by atoms with Crippen molar-refractivity contribution in [3.8, 4) is 11.5 Å². The molecule has 0 radical (unpaired) electrons. The fourth-order valence-corrected chi connectivity index (χ4v) is 2.45. The molecule has 2 aromatic heterocycles. The second kappa shape index (κ2) is 5.35. The number of benzene rings is 1. The minimum atomic E-state index is 0.393. The Morgan fingerprint density at radius 1 is 1.10 bits per heavy atom. The highest BCUT2D eigenvalue weighted by atomic mass is 35.5. The lowest BCUT2D eigenvalue weighted by Crippen LogP contribution is -2.09. The van der Waals surface area contributed by atoms with Crippen LogP contribution < -0.4 is 5.73 Å². The van der Waals surface area contributed by atoms with Gasteiger partial charge in [-0.1, -0.05) is 29.8 Å². The average Bonchev–Trinajstić information content (AvgIpc) is 3.00. The van der Waals surface area contributed by atoms with Crippen LogP contribution >= 0.6 is 11.6 Å². The third-order valence-corrected chi connectivity index (χ3v) is 3.79. The van der Waals surface area contributed by atoms with E-state index in [4.69, 9.17) is 17.3 Å². The van der Waals surface area contributed by atoms with E-state index >= 15 is 0 Å². The van der Waals surface area contributed by atoms with E-state index in [1.165, 1.54) is 0 Å². The van der Waals surface area contributed by atoms with Crippen LogP contribution in [0.15, 0.2) is 36.5 Å². The third kappa shape index (κ3) is 2.34. The molecule has 0 spiro atoms. The maximum atomic E-state index is 6.14. The van der Waals surface area contributed by atoms with Crippen LogP contribution in [-0.4, -0.2) is 19.6 Å². The standard InChI is InChI=1S/C15H16ClN5/c1-10-13(8-17)15(20-9-14(16)11(2)18-20)21(19-10)12-6-4-3-5-7-12/h3-7,9H,8,17H2,1-2H3. The summed E-state index contributed by atoms with van der Waals surface area (Å²) in [6.07, 6.45) is 1.78. The highest BCUT2D eigenvalue weighted by Gasteiger charge is 2.18. The molecule has 0 bridgehead atoms. The van der Waals surface area contributed by atoms with Gasteiger partial charge in [0.2, 0.25) is 0 Å². The third-order valence-electron chi connectivity index (χ3n) is 3.42. The van der Waals surface area contributed by atoms with Crippen LogP contribution in [0.2, 0.25) is 5.02 Å². The first kappa shape index (κ1) is 13.9. The van der Waals surface area contributed by atoms with Gasteiger partial charge < -0.3 is 5.73 Å². The number of rotatable bonds is 3. The number of aryl methyl sites for hydroxylation is 2. The van der Waals surface area contributed by atoms with Crippen molar-refractivity contribution in [2.24, 2.45) is 5.73 Å². The molecule has 0 fully saturated rings. The summed E-state index contributed by atoms with van der Waals surface area (Å²) in [7, 11) is 0. The van der Waals surface area contributed by atoms with Gasteiger partial charge in [0.05, 0.1) is 28.3 Å². The Morgan fingerprint density at radius 2 is 1.81 bits per heavy atom. The van der Waals surface area contributed by atoms with Crippen molar-refractivity contribution in [1.82, 2.24) is 19.6 Å². The number of nitrogens with two attached hydrogens (primary N) is 1. The van der Waals surface area contributed by atoms with Gasteiger partial charge in [-0.15, -0.1) is 0 Å². The molecule has 3 rings (SSSR count). The summed E-state index contributed by atoms with van der Waals surface area (Å²) in [5.41, 5.74) is 9.48. The van der Waals surface area contributed by atoms with Crippen molar-refractivity contribution < 1.29 is 0 Å². The topological polar surface area (TPSA) is 61.7 Å². The Hall–Kier alpha value is -2.11. The number of halogens is 1. The van der Waals surface area contributed by atoms with Crippen LogP contribution in [-0.2, 0) is 6.54 Å². The zero-order chi connectivity index (χ0) is 15.0. The fourth-order valence-electron chi connectivity index (χ4n) is 2.32. The van der Waals surface area contributed by atoms with E-state index in [0.29, 0.717) is 11.6 Å². The first-order valence-corrected chi connectivity index (χ1v) is 7.05. The number of nitrogens with zero attached hydrogens (tertiary/aromatic N) is 4. The van der Waals surface area contributed by atoms with Gasteiger partial charge in [-0.3, -0.25) is 0 Å². The maximum Gasteiger partial charge on any atom is 0.161 e. The Kier molecular flexibility index (Phi) is 3.53. The Balaban J connectivity index is 2.27. The summed E-state index contributed by atoms with van der Waals surface area (Å²) < 4.78 is 3.59. The van der Waals surface area contributed by atoms with Crippen LogP contribution in [0.3, 0.4) is 0 Å². The van der Waals surface area contributed by atoms with Gasteiger partial charge in [-0.05, 0) is 26.0 Å². The molecule has 0 aliphatic heterocycles. The van der Waals surface area contributed by atoms with E-state index in [9.17, 15) is 0 Å². The summed E-state index contributed by atoms with van der Waals surface area (Å²) in [6, 6.07) is 9.90. The molecule has 5 nitrogen and oxygen atoms in total. The molecule has 0 aliphatic rings. The summed E-state index contributed by atoms with van der Waals surface area (Å²) in [5.74, 6) is 0.830. The van der Waals surface area contributed by atoms with Gasteiger partial charge in [0.15, 0.2) is 5.82 Å². The zero-order valence-corrected chi connectivity index (χ0v) is 12.7. The van der Waals surface area contributed by atoms with Crippen molar-refractivity contribution >= 4 is 11.6 Å². The first-order chi connectivity index (χ1) is 10.1. The molecule has 2 heterocycles. The SMILES string of the molecule is Cc1nn(-c2c(CN)c(C)nn2-c2ccccc2)cc1Cl. The van der Waals surface area contributed by atoms with E-state index in [2.05, 4.69) is 10.2 Å². The molecule has 1 aromatic carbocycles. The van der Waals surface area contributed by atoms with Gasteiger partial charge in [0, 0.05) is 12.1 Å². The van der Waals surface area contributed by atoms with Gasteiger partial charge in [0.1, 0.15) is 0 Å². The minimum absolute atomic E-state index is 0.393. The van der Waals surface area contributed by atoms with Crippen molar-refractivity contribution in [3.63, 3.8) is 0 Å². The molecule has 0 saturated heterocycles. The molecule has 108 valence electrons. The molecule has 0 aliphatic carbocycles. The molecule has 6 heteroatoms. The molecule has 21 heavy (non-hydrogen) atoms. The van der Waals surface area contributed by atoms with Crippen LogP contribution in [0.25, 0.3) is 11.5 Å². The molecule has 3 aromatic rings. The predicted molar refractivity (Wildman–Crippen MR) is 83.1 cm³/mol. The zero-order valence-electron chi connectivity index (χ0n) is 11.9. The van der Waals surface area contributed by atoms with Gasteiger partial charge in [-0.2, -0.15) is 10.2 Å². The summed E-state index contributed by atoms with van der Waals surface area (Å²) in [4.78, 5) is 0. The lowest BCUT2D eigenvalue weighted by Gasteiger charge is -2.09. The lowest BCUT2D eigenvalue weighted by molar-refractivity contribution is 0.750. The summed E-state index contributed by atoms with van der Waals surface area (Å²) >= 11 is 6.14. The van der Waals surface area contributed by atoms with Gasteiger partial charge in [-0.25, -0.2) is 9.36 Å². The van der Waals surface area contributed by atoms with Gasteiger partial charge >= 0.3 is 0 Å². The van der Waals surface area contributed by atoms with Crippen LogP contribution in [0.4, 0.5) is 0 Å². The molecule has 0 saturated carbocycles. The molecule has 0 atom stereocenters. The minimum Gasteiger partial charge on any atom is -0.326 e. The highest BCUT2D eigenvalue weighted by molar-refractivity contribution is 6.31. The smallest absolute Gasteiger partial charge is 0.161 e. The number of para-hydroxylation sites is 1. The van der Waals surface area contributed by atoms with Crippen molar-refractivity contribution in [2.45, 2.75) is 20.4 Å². The highest BCUT2D eigenvalue weighted by Crippen LogP contribution is 2.24. The Labute approximate surface area is 127 Å². The number of hydrogen-bond acceptors (Lipinski definition) is 3. The van der Waals surface area contributed by atoms with Gasteiger partial charge in [0.25, 0.3) is 0 Å². The van der Waals surface area contributed by atoms with E-state index in [1.54, 1.807) is 10.9 Å². The number of hydrogen-bond donors (Lipinski definition) is 1. The van der Waals surface area contributed by atoms with Crippen LogP contribution in [0.5, 0.6) is 0 Å². The first-order valence-electron chi connectivity index (χ1n) is 6.68. The van der Waals surface area contributed by atoms with E-state index < -0.39 is 0 Å². The second-order valence-corrected chi connectivity index (χ2v) is 5.25. The van der Waals surface area contributed by atoms with Crippen LogP contribution in [0, 0.1) is 13.8 Å². The van der Waals surface area contributed by atoms with Crippen molar-refractivity contribution in [3.05, 3.63) is 58.5 Å². The predicted octanol–water partition coefficient (Wildman–Crippen LogP) is 2.79. The summed E-state index contributed by atoms with van der Waals surface area (Å²) in [6.45, 7) is 4.21. The van der Waals surface area contributed by atoms with E-state index in [0.717, 1.165) is 28.5 Å². The van der Waals surface area contributed by atoms with Crippen molar-refractivity contribution in [2.75, 3.05) is 0 Å². The lowest BCUT2D eigenvalue weighted by atomic mass is 10.2. The molecule has 0 unspecified atom stereocenters. The quantitative estimate of drug-likeness (QED) is 0.809.